The average Bonchev–Trinajstić information content (AvgIpc) is 3.09. The van der Waals surface area contributed by atoms with Crippen LogP contribution < -0.4 is 11.2 Å². The highest BCUT2D eigenvalue weighted by atomic mass is 35.5. The van der Waals surface area contributed by atoms with Crippen molar-refractivity contribution in [2.75, 3.05) is 6.54 Å². The molecular weight excluding hydrogens is 422 g/mol. The Morgan fingerprint density at radius 2 is 2.03 bits per heavy atom. The van der Waals surface area contributed by atoms with Gasteiger partial charge in [0.05, 0.1) is 17.6 Å². The van der Waals surface area contributed by atoms with E-state index in [4.69, 9.17) is 11.6 Å². The Balaban J connectivity index is 2.05. The van der Waals surface area contributed by atoms with Gasteiger partial charge in [0.1, 0.15) is 4.83 Å². The van der Waals surface area contributed by atoms with E-state index in [0.717, 1.165) is 23.3 Å². The summed E-state index contributed by atoms with van der Waals surface area (Å²) in [5.41, 5.74) is 1.55. The monoisotopic (exact) mass is 445 g/mol. The van der Waals surface area contributed by atoms with Gasteiger partial charge in [0, 0.05) is 29.9 Å². The number of amides is 1. The van der Waals surface area contributed by atoms with Crippen molar-refractivity contribution in [1.29, 1.82) is 0 Å². The number of unbranched alkanes of at least 4 members (excludes halogenated alkanes) is 1. The normalized spacial score (nSPS) is 13.7. The van der Waals surface area contributed by atoms with Crippen LogP contribution in [0.25, 0.3) is 15.9 Å². The van der Waals surface area contributed by atoms with E-state index in [0.29, 0.717) is 52.5 Å². The molecule has 0 N–H and O–H groups in total. The highest BCUT2D eigenvalue weighted by molar-refractivity contribution is 7.18. The molecule has 1 aliphatic heterocycles. The van der Waals surface area contributed by atoms with E-state index in [9.17, 15) is 14.4 Å². The van der Waals surface area contributed by atoms with Crippen LogP contribution in [-0.2, 0) is 24.3 Å². The molecule has 8 heteroatoms. The fourth-order valence-electron chi connectivity index (χ4n) is 4.04. The van der Waals surface area contributed by atoms with Crippen molar-refractivity contribution in [3.8, 4) is 5.69 Å². The first kappa shape index (κ1) is 20.9. The minimum atomic E-state index is -0.340. The van der Waals surface area contributed by atoms with Gasteiger partial charge in [-0.2, -0.15) is 0 Å². The first-order valence-electron chi connectivity index (χ1n) is 10.2. The standard InChI is InChI=1S/C22H24ClN3O3S/c1-4-5-10-25-21-19(15-9-11-24(14(3)27)12-18(15)30-21)20(28)26(22(25)29)17-8-6-7-16(23)13(17)2/h6-8H,4-5,9-12H2,1-3H3. The van der Waals surface area contributed by atoms with E-state index in [2.05, 4.69) is 6.92 Å². The molecule has 6 nitrogen and oxygen atoms in total. The van der Waals surface area contributed by atoms with E-state index >= 15 is 0 Å². The molecule has 0 aliphatic carbocycles. The number of halogens is 1. The second-order valence-corrected chi connectivity index (χ2v) is 9.18. The number of hydrogen-bond donors (Lipinski definition) is 0. The van der Waals surface area contributed by atoms with Crippen LogP contribution in [0.2, 0.25) is 5.02 Å². The van der Waals surface area contributed by atoms with Gasteiger partial charge in [-0.1, -0.05) is 31.0 Å². The molecule has 0 unspecified atom stereocenters. The zero-order chi connectivity index (χ0) is 21.6. The summed E-state index contributed by atoms with van der Waals surface area (Å²) >= 11 is 7.76. The third kappa shape index (κ3) is 3.30. The van der Waals surface area contributed by atoms with E-state index in [-0.39, 0.29) is 17.2 Å². The maximum atomic E-state index is 13.6. The molecule has 30 heavy (non-hydrogen) atoms. The largest absolute Gasteiger partial charge is 0.337 e. The van der Waals surface area contributed by atoms with Crippen LogP contribution in [0.1, 0.15) is 42.7 Å². The number of aromatic nitrogens is 2. The van der Waals surface area contributed by atoms with Gasteiger partial charge >= 0.3 is 5.69 Å². The summed E-state index contributed by atoms with van der Waals surface area (Å²) < 4.78 is 2.99. The van der Waals surface area contributed by atoms with Gasteiger partial charge in [-0.25, -0.2) is 9.36 Å². The molecule has 2 aromatic heterocycles. The number of aryl methyl sites for hydroxylation is 1. The zero-order valence-corrected chi connectivity index (χ0v) is 18.9. The predicted molar refractivity (Wildman–Crippen MR) is 121 cm³/mol. The first-order valence-corrected chi connectivity index (χ1v) is 11.4. The van der Waals surface area contributed by atoms with Crippen molar-refractivity contribution in [2.24, 2.45) is 0 Å². The van der Waals surface area contributed by atoms with E-state index < -0.39 is 0 Å². The number of fused-ring (bicyclic) bond motifs is 3. The Hall–Kier alpha value is -2.38. The minimum absolute atomic E-state index is 0.0217. The Labute approximate surface area is 183 Å². The smallest absolute Gasteiger partial charge is 0.336 e. The van der Waals surface area contributed by atoms with E-state index in [1.54, 1.807) is 34.6 Å². The molecule has 0 saturated heterocycles. The second-order valence-electron chi connectivity index (χ2n) is 7.69. The van der Waals surface area contributed by atoms with Crippen molar-refractivity contribution in [2.45, 2.75) is 53.1 Å². The van der Waals surface area contributed by atoms with Crippen LogP contribution in [-0.4, -0.2) is 26.5 Å². The number of hydrogen-bond acceptors (Lipinski definition) is 4. The minimum Gasteiger partial charge on any atom is -0.337 e. The van der Waals surface area contributed by atoms with Crippen molar-refractivity contribution < 1.29 is 4.79 Å². The topological polar surface area (TPSA) is 64.3 Å². The molecule has 1 aliphatic rings. The Morgan fingerprint density at radius 3 is 2.73 bits per heavy atom. The van der Waals surface area contributed by atoms with E-state index in [1.807, 2.05) is 6.92 Å². The predicted octanol–water partition coefficient (Wildman–Crippen LogP) is 3.88. The molecule has 3 aromatic rings. The molecule has 0 saturated carbocycles. The molecule has 1 amide bonds. The summed E-state index contributed by atoms with van der Waals surface area (Å²) in [5.74, 6) is 0.0217. The summed E-state index contributed by atoms with van der Waals surface area (Å²) in [6.07, 6.45) is 2.39. The quantitative estimate of drug-likeness (QED) is 0.612. The molecule has 3 heterocycles. The molecule has 4 rings (SSSR count). The lowest BCUT2D eigenvalue weighted by atomic mass is 10.1. The summed E-state index contributed by atoms with van der Waals surface area (Å²) in [6.45, 7) is 7.06. The van der Waals surface area contributed by atoms with Crippen LogP contribution in [0, 0.1) is 6.92 Å². The molecule has 0 radical (unpaired) electrons. The van der Waals surface area contributed by atoms with Gasteiger partial charge in [0.25, 0.3) is 5.56 Å². The maximum absolute atomic E-state index is 13.6. The highest BCUT2D eigenvalue weighted by Crippen LogP contribution is 2.33. The Bertz CT molecular complexity index is 1270. The molecule has 0 spiro atoms. The van der Waals surface area contributed by atoms with Gasteiger partial charge in [-0.15, -0.1) is 11.3 Å². The number of rotatable bonds is 4. The zero-order valence-electron chi connectivity index (χ0n) is 17.3. The lowest BCUT2D eigenvalue weighted by molar-refractivity contribution is -0.129. The second kappa shape index (κ2) is 8.04. The molecular formula is C22H24ClN3O3S. The third-order valence-corrected chi connectivity index (χ3v) is 7.43. The number of benzene rings is 1. The van der Waals surface area contributed by atoms with Crippen LogP contribution >= 0.6 is 22.9 Å². The van der Waals surface area contributed by atoms with Gasteiger partial charge in [-0.05, 0) is 43.0 Å². The van der Waals surface area contributed by atoms with Crippen LogP contribution in [0.4, 0.5) is 0 Å². The third-order valence-electron chi connectivity index (χ3n) is 5.78. The Kier molecular flexibility index (Phi) is 5.59. The summed E-state index contributed by atoms with van der Waals surface area (Å²) in [5, 5.41) is 1.12. The summed E-state index contributed by atoms with van der Waals surface area (Å²) in [7, 11) is 0. The fourth-order valence-corrected chi connectivity index (χ4v) is 5.58. The van der Waals surface area contributed by atoms with Crippen LogP contribution in [0.5, 0.6) is 0 Å². The van der Waals surface area contributed by atoms with Gasteiger partial charge in [0.15, 0.2) is 0 Å². The van der Waals surface area contributed by atoms with Crippen molar-refractivity contribution in [3.05, 3.63) is 60.1 Å². The summed E-state index contributed by atoms with van der Waals surface area (Å²) in [4.78, 5) is 42.5. The fraction of sp³-hybridized carbons (Fsp3) is 0.409. The SMILES string of the molecule is CCCCn1c(=O)n(-c2cccc(Cl)c2C)c(=O)c2c3c(sc21)CN(C(C)=O)CC3. The molecule has 0 bridgehead atoms. The lowest BCUT2D eigenvalue weighted by Crippen LogP contribution is -2.39. The number of nitrogens with zero attached hydrogens (tertiary/aromatic N) is 3. The molecule has 158 valence electrons. The van der Waals surface area contributed by atoms with Crippen molar-refractivity contribution in [3.63, 3.8) is 0 Å². The van der Waals surface area contributed by atoms with E-state index in [1.165, 1.54) is 15.9 Å². The Morgan fingerprint density at radius 1 is 1.27 bits per heavy atom. The van der Waals surface area contributed by atoms with Crippen LogP contribution in [0.3, 0.4) is 0 Å². The van der Waals surface area contributed by atoms with Gasteiger partial charge in [-0.3, -0.25) is 14.2 Å². The maximum Gasteiger partial charge on any atom is 0.336 e. The van der Waals surface area contributed by atoms with Gasteiger partial charge < -0.3 is 4.90 Å². The first-order chi connectivity index (χ1) is 14.3. The average molecular weight is 446 g/mol. The highest BCUT2D eigenvalue weighted by Gasteiger charge is 2.27. The molecule has 0 atom stereocenters. The molecule has 0 fully saturated rings. The summed E-state index contributed by atoms with van der Waals surface area (Å²) in [6, 6.07) is 5.27. The lowest BCUT2D eigenvalue weighted by Gasteiger charge is -2.25. The number of thiophene rings is 1. The van der Waals surface area contributed by atoms with Crippen LogP contribution in [0.15, 0.2) is 27.8 Å². The number of carbonyl (C=O) groups excluding carboxylic acids is 1. The van der Waals surface area contributed by atoms with Crippen molar-refractivity contribution in [1.82, 2.24) is 14.0 Å². The molecule has 1 aromatic carbocycles. The number of carbonyl (C=O) groups is 1. The van der Waals surface area contributed by atoms with Gasteiger partial charge in [0.2, 0.25) is 5.91 Å². The van der Waals surface area contributed by atoms with Crippen molar-refractivity contribution >= 4 is 39.1 Å².